The molecule has 0 saturated heterocycles. The number of hydrogen-bond acceptors (Lipinski definition) is 4. The minimum atomic E-state index is -0.856. The second-order valence-corrected chi connectivity index (χ2v) is 6.73. The summed E-state index contributed by atoms with van der Waals surface area (Å²) < 4.78 is 1.98. The fraction of sp³-hybridized carbons (Fsp3) is 0.278. The van der Waals surface area contributed by atoms with Crippen molar-refractivity contribution in [2.24, 2.45) is 0 Å². The normalized spacial score (nSPS) is 15.3. The van der Waals surface area contributed by atoms with Crippen LogP contribution in [0.1, 0.15) is 31.0 Å². The number of rotatable bonds is 6. The molecular formula is C18H21N3OS. The van der Waals surface area contributed by atoms with E-state index in [0.29, 0.717) is 6.54 Å². The minimum absolute atomic E-state index is 0.164. The zero-order valence-electron chi connectivity index (χ0n) is 13.3. The zero-order valence-corrected chi connectivity index (χ0v) is 14.1. The summed E-state index contributed by atoms with van der Waals surface area (Å²) in [5, 5.41) is 18.0. The van der Waals surface area contributed by atoms with E-state index in [2.05, 4.69) is 41.5 Å². The lowest BCUT2D eigenvalue weighted by Gasteiger charge is -2.25. The molecule has 0 saturated carbocycles. The van der Waals surface area contributed by atoms with Crippen molar-refractivity contribution in [1.29, 1.82) is 0 Å². The summed E-state index contributed by atoms with van der Waals surface area (Å²) >= 11 is 1.60. The van der Waals surface area contributed by atoms with E-state index in [1.807, 2.05) is 34.5 Å². The van der Waals surface area contributed by atoms with Gasteiger partial charge >= 0.3 is 0 Å². The highest BCUT2D eigenvalue weighted by Crippen LogP contribution is 2.23. The van der Waals surface area contributed by atoms with Crippen LogP contribution in [0, 0.1) is 0 Å². The Kier molecular flexibility index (Phi) is 4.61. The van der Waals surface area contributed by atoms with Crippen LogP contribution in [-0.2, 0) is 5.60 Å². The first-order valence-electron chi connectivity index (χ1n) is 7.63. The van der Waals surface area contributed by atoms with Gasteiger partial charge in [-0.15, -0.1) is 0 Å². The molecule has 0 spiro atoms. The lowest BCUT2D eigenvalue weighted by molar-refractivity contribution is 0.0548. The van der Waals surface area contributed by atoms with Crippen LogP contribution >= 0.6 is 11.3 Å². The maximum atomic E-state index is 10.6. The van der Waals surface area contributed by atoms with Gasteiger partial charge in [0.2, 0.25) is 0 Å². The van der Waals surface area contributed by atoms with Crippen LogP contribution in [0.2, 0.25) is 0 Å². The molecule has 0 aliphatic rings. The van der Waals surface area contributed by atoms with E-state index >= 15 is 0 Å². The minimum Gasteiger partial charge on any atom is -0.384 e. The molecule has 2 atom stereocenters. The molecule has 0 unspecified atom stereocenters. The van der Waals surface area contributed by atoms with Gasteiger partial charge < -0.3 is 15.0 Å². The van der Waals surface area contributed by atoms with E-state index in [1.54, 1.807) is 23.9 Å². The fourth-order valence-electron chi connectivity index (χ4n) is 2.49. The Morgan fingerprint density at radius 3 is 2.70 bits per heavy atom. The maximum Gasteiger partial charge on any atom is 0.100 e. The summed E-state index contributed by atoms with van der Waals surface area (Å²) in [6.45, 7) is 4.46. The summed E-state index contributed by atoms with van der Waals surface area (Å²) in [5.74, 6) is 0. The van der Waals surface area contributed by atoms with Crippen LogP contribution in [0.15, 0.2) is 59.8 Å². The highest BCUT2D eigenvalue weighted by Gasteiger charge is 2.24. The first-order valence-corrected chi connectivity index (χ1v) is 8.57. The van der Waals surface area contributed by atoms with Crippen molar-refractivity contribution in [2.45, 2.75) is 25.5 Å². The number of nitrogens with one attached hydrogen (secondary N) is 1. The molecule has 0 bridgehead atoms. The summed E-state index contributed by atoms with van der Waals surface area (Å²) in [4.78, 5) is 4.06. The van der Waals surface area contributed by atoms with Crippen LogP contribution in [-0.4, -0.2) is 21.2 Å². The SMILES string of the molecule is C[C@H](NC[C@@](C)(O)c1ccsc1)c1ccc(-n2ccnc2)cc1. The molecule has 23 heavy (non-hydrogen) atoms. The van der Waals surface area contributed by atoms with E-state index in [0.717, 1.165) is 11.3 Å². The number of hydrogen-bond donors (Lipinski definition) is 2. The summed E-state index contributed by atoms with van der Waals surface area (Å²) in [6, 6.07) is 10.5. The van der Waals surface area contributed by atoms with Crippen LogP contribution in [0.5, 0.6) is 0 Å². The van der Waals surface area contributed by atoms with Crippen molar-refractivity contribution >= 4 is 11.3 Å². The van der Waals surface area contributed by atoms with Gasteiger partial charge in [0.1, 0.15) is 5.60 Å². The van der Waals surface area contributed by atoms with Gasteiger partial charge in [-0.25, -0.2) is 4.98 Å². The predicted octanol–water partition coefficient (Wildman–Crippen LogP) is 3.49. The second kappa shape index (κ2) is 6.66. The Labute approximate surface area is 140 Å². The Balaban J connectivity index is 1.63. The Hall–Kier alpha value is -1.95. The predicted molar refractivity (Wildman–Crippen MR) is 93.9 cm³/mol. The first kappa shape index (κ1) is 15.9. The molecule has 0 aliphatic heterocycles. The van der Waals surface area contributed by atoms with Gasteiger partial charge in [0, 0.05) is 30.7 Å². The van der Waals surface area contributed by atoms with Crippen LogP contribution in [0.3, 0.4) is 0 Å². The average molecular weight is 327 g/mol. The number of imidazole rings is 1. The molecule has 2 aromatic heterocycles. The summed E-state index contributed by atoms with van der Waals surface area (Å²) in [5.41, 5.74) is 2.38. The monoisotopic (exact) mass is 327 g/mol. The lowest BCUT2D eigenvalue weighted by atomic mass is 9.98. The molecule has 2 heterocycles. The van der Waals surface area contributed by atoms with Crippen LogP contribution < -0.4 is 5.32 Å². The van der Waals surface area contributed by atoms with E-state index < -0.39 is 5.60 Å². The van der Waals surface area contributed by atoms with E-state index in [4.69, 9.17) is 0 Å². The third-order valence-corrected chi connectivity index (χ3v) is 4.77. The molecule has 0 amide bonds. The third-order valence-electron chi connectivity index (χ3n) is 4.09. The van der Waals surface area contributed by atoms with Gasteiger partial charge in [-0.3, -0.25) is 0 Å². The summed E-state index contributed by atoms with van der Waals surface area (Å²) in [6.07, 6.45) is 5.48. The number of aliphatic hydroxyl groups is 1. The van der Waals surface area contributed by atoms with Gasteiger partial charge in [-0.05, 0) is 53.9 Å². The maximum absolute atomic E-state index is 10.6. The Bertz CT molecular complexity index is 718. The van der Waals surface area contributed by atoms with Crippen molar-refractivity contribution in [3.05, 3.63) is 70.9 Å². The van der Waals surface area contributed by atoms with E-state index in [9.17, 15) is 5.11 Å². The van der Waals surface area contributed by atoms with Crippen molar-refractivity contribution in [2.75, 3.05) is 6.54 Å². The molecule has 2 N–H and O–H groups in total. The van der Waals surface area contributed by atoms with Gasteiger partial charge in [-0.2, -0.15) is 11.3 Å². The molecule has 0 fully saturated rings. The molecule has 120 valence electrons. The molecule has 3 rings (SSSR count). The summed E-state index contributed by atoms with van der Waals surface area (Å²) in [7, 11) is 0. The average Bonchev–Trinajstić information content (AvgIpc) is 3.26. The number of aromatic nitrogens is 2. The standard InChI is InChI=1S/C18H21N3OS/c1-14(20-12-18(2,22)16-7-10-23-11-16)15-3-5-17(6-4-15)21-9-8-19-13-21/h3-11,13-14,20,22H,12H2,1-2H3/t14-,18+/m0/s1. The Morgan fingerprint density at radius 2 is 2.09 bits per heavy atom. The molecule has 5 heteroatoms. The molecule has 1 aromatic carbocycles. The molecule has 0 radical (unpaired) electrons. The quantitative estimate of drug-likeness (QED) is 0.728. The highest BCUT2D eigenvalue weighted by molar-refractivity contribution is 7.08. The van der Waals surface area contributed by atoms with Gasteiger partial charge in [0.25, 0.3) is 0 Å². The zero-order chi connectivity index (χ0) is 16.3. The van der Waals surface area contributed by atoms with Gasteiger partial charge in [-0.1, -0.05) is 12.1 Å². The smallest absolute Gasteiger partial charge is 0.100 e. The van der Waals surface area contributed by atoms with Crippen molar-refractivity contribution in [1.82, 2.24) is 14.9 Å². The van der Waals surface area contributed by atoms with E-state index in [1.165, 1.54) is 5.56 Å². The van der Waals surface area contributed by atoms with Gasteiger partial charge in [0.15, 0.2) is 0 Å². The van der Waals surface area contributed by atoms with Crippen LogP contribution in [0.4, 0.5) is 0 Å². The fourth-order valence-corrected chi connectivity index (χ4v) is 3.27. The molecule has 4 nitrogen and oxygen atoms in total. The third kappa shape index (κ3) is 3.69. The highest BCUT2D eigenvalue weighted by atomic mass is 32.1. The number of nitrogens with zero attached hydrogens (tertiary/aromatic N) is 2. The number of thiophene rings is 1. The van der Waals surface area contributed by atoms with Crippen LogP contribution in [0.25, 0.3) is 5.69 Å². The number of benzene rings is 1. The van der Waals surface area contributed by atoms with Gasteiger partial charge in [0.05, 0.1) is 6.33 Å². The lowest BCUT2D eigenvalue weighted by Crippen LogP contribution is -2.36. The topological polar surface area (TPSA) is 50.1 Å². The molecule has 0 aliphatic carbocycles. The van der Waals surface area contributed by atoms with Crippen molar-refractivity contribution in [3.63, 3.8) is 0 Å². The van der Waals surface area contributed by atoms with Crippen molar-refractivity contribution < 1.29 is 5.11 Å². The molecular weight excluding hydrogens is 306 g/mol. The first-order chi connectivity index (χ1) is 11.1. The largest absolute Gasteiger partial charge is 0.384 e. The Morgan fingerprint density at radius 1 is 1.30 bits per heavy atom. The molecule has 3 aromatic rings. The van der Waals surface area contributed by atoms with E-state index in [-0.39, 0.29) is 6.04 Å². The second-order valence-electron chi connectivity index (χ2n) is 5.95. The van der Waals surface area contributed by atoms with Crippen molar-refractivity contribution in [3.8, 4) is 5.69 Å².